The molecule has 0 aromatic rings. The molecular weight excluding hydrogens is 313 g/mol. The number of nitrogens with one attached hydrogen (secondary N) is 1. The lowest BCUT2D eigenvalue weighted by atomic mass is 10.2. The molecule has 1 heterocycles. The minimum Gasteiger partial charge on any atom is -0.373 e. The average molecular weight is 344 g/mol. The molecule has 128 valence electrons. The number of carbonyl (C=O) groups excluding carboxylic acids is 1. The number of amides is 1. The van der Waals surface area contributed by atoms with Crippen molar-refractivity contribution in [3.63, 3.8) is 0 Å². The van der Waals surface area contributed by atoms with Crippen molar-refractivity contribution >= 4 is 30.7 Å². The quantitative estimate of drug-likeness (QED) is 0.656. The second-order valence-corrected chi connectivity index (χ2v) is 5.47. The molecule has 7 heteroatoms. The van der Waals surface area contributed by atoms with Crippen LogP contribution >= 0.6 is 24.8 Å². The molecule has 1 amide bonds. The zero-order valence-corrected chi connectivity index (χ0v) is 14.8. The Labute approximate surface area is 141 Å². The van der Waals surface area contributed by atoms with Crippen LogP contribution in [0.4, 0.5) is 0 Å². The van der Waals surface area contributed by atoms with Crippen molar-refractivity contribution in [3.8, 4) is 0 Å². The molecule has 5 nitrogen and oxygen atoms in total. The molecule has 1 rings (SSSR count). The molecule has 0 aromatic carbocycles. The molecule has 0 radical (unpaired) electrons. The van der Waals surface area contributed by atoms with Gasteiger partial charge in [-0.3, -0.25) is 9.69 Å². The fraction of sp³-hybridized carbons (Fsp3) is 0.929. The summed E-state index contributed by atoms with van der Waals surface area (Å²) in [5.41, 5.74) is 5.36. The molecule has 0 aliphatic carbocycles. The van der Waals surface area contributed by atoms with Crippen LogP contribution in [0.15, 0.2) is 0 Å². The van der Waals surface area contributed by atoms with Crippen LogP contribution in [0.2, 0.25) is 0 Å². The number of nitrogens with zero attached hydrogens (tertiary/aromatic N) is 1. The predicted molar refractivity (Wildman–Crippen MR) is 91.5 cm³/mol. The standard InChI is InChI=1S/C14H29N3O2.2ClH/c1-12-10-17(11-13(2)19-12)9-4-3-8-16-14(18)6-5-7-15;;/h12-13H,3-11,15H2,1-2H3,(H,16,18);2*1H. The highest BCUT2D eigenvalue weighted by Crippen LogP contribution is 2.11. The molecule has 21 heavy (non-hydrogen) atoms. The predicted octanol–water partition coefficient (Wildman–Crippen LogP) is 1.57. The Morgan fingerprint density at radius 3 is 2.38 bits per heavy atom. The van der Waals surface area contributed by atoms with Gasteiger partial charge in [-0.25, -0.2) is 0 Å². The third-order valence-electron chi connectivity index (χ3n) is 3.33. The topological polar surface area (TPSA) is 67.6 Å². The van der Waals surface area contributed by atoms with E-state index in [4.69, 9.17) is 10.5 Å². The first kappa shape index (κ1) is 23.2. The Kier molecular flexibility index (Phi) is 15.0. The molecule has 1 aliphatic heterocycles. The maximum Gasteiger partial charge on any atom is 0.220 e. The Bertz CT molecular complexity index is 261. The summed E-state index contributed by atoms with van der Waals surface area (Å²) < 4.78 is 5.70. The molecule has 1 saturated heterocycles. The van der Waals surface area contributed by atoms with Crippen LogP contribution in [-0.2, 0) is 9.53 Å². The second kappa shape index (κ2) is 13.6. The molecule has 1 fully saturated rings. The van der Waals surface area contributed by atoms with Gasteiger partial charge in [0.25, 0.3) is 0 Å². The fourth-order valence-electron chi connectivity index (χ4n) is 2.51. The third kappa shape index (κ3) is 11.2. The lowest BCUT2D eigenvalue weighted by molar-refractivity contribution is -0.121. The summed E-state index contributed by atoms with van der Waals surface area (Å²) in [6, 6.07) is 0. The molecule has 2 atom stereocenters. The van der Waals surface area contributed by atoms with Gasteiger partial charge in [0.2, 0.25) is 5.91 Å². The van der Waals surface area contributed by atoms with Gasteiger partial charge in [0.1, 0.15) is 0 Å². The average Bonchev–Trinajstić information content (AvgIpc) is 2.34. The lowest BCUT2D eigenvalue weighted by Gasteiger charge is -2.35. The van der Waals surface area contributed by atoms with Gasteiger partial charge >= 0.3 is 0 Å². The van der Waals surface area contributed by atoms with Crippen LogP contribution in [0.5, 0.6) is 0 Å². The van der Waals surface area contributed by atoms with Gasteiger partial charge in [-0.2, -0.15) is 0 Å². The SMILES string of the molecule is CC1CN(CCCCNC(=O)CCCN)CC(C)O1.Cl.Cl. The van der Waals surface area contributed by atoms with E-state index >= 15 is 0 Å². The van der Waals surface area contributed by atoms with Gasteiger partial charge in [0.05, 0.1) is 12.2 Å². The van der Waals surface area contributed by atoms with Gasteiger partial charge in [-0.05, 0) is 46.2 Å². The van der Waals surface area contributed by atoms with Crippen LogP contribution in [0.25, 0.3) is 0 Å². The fourth-order valence-corrected chi connectivity index (χ4v) is 2.51. The summed E-state index contributed by atoms with van der Waals surface area (Å²) in [7, 11) is 0. The number of nitrogens with two attached hydrogens (primary N) is 1. The molecule has 2 unspecified atom stereocenters. The smallest absolute Gasteiger partial charge is 0.220 e. The monoisotopic (exact) mass is 343 g/mol. The summed E-state index contributed by atoms with van der Waals surface area (Å²) in [5, 5.41) is 2.94. The number of ether oxygens (including phenoxy) is 1. The first-order valence-electron chi connectivity index (χ1n) is 7.46. The summed E-state index contributed by atoms with van der Waals surface area (Å²) >= 11 is 0. The Hall–Kier alpha value is -0.0700. The Morgan fingerprint density at radius 2 is 1.81 bits per heavy atom. The van der Waals surface area contributed by atoms with Gasteiger partial charge in [0, 0.05) is 26.1 Å². The van der Waals surface area contributed by atoms with Crippen molar-refractivity contribution in [2.24, 2.45) is 5.73 Å². The highest BCUT2D eigenvalue weighted by atomic mass is 35.5. The zero-order valence-electron chi connectivity index (χ0n) is 13.2. The normalized spacial score (nSPS) is 22.0. The van der Waals surface area contributed by atoms with E-state index in [1.165, 1.54) is 0 Å². The van der Waals surface area contributed by atoms with E-state index in [2.05, 4.69) is 24.1 Å². The summed E-state index contributed by atoms with van der Waals surface area (Å²) in [6.07, 6.45) is 4.15. The molecular formula is C14H31Cl2N3O2. The van der Waals surface area contributed by atoms with E-state index in [0.29, 0.717) is 25.2 Å². The van der Waals surface area contributed by atoms with E-state index in [1.807, 2.05) is 0 Å². The maximum atomic E-state index is 11.4. The largest absolute Gasteiger partial charge is 0.373 e. The van der Waals surface area contributed by atoms with E-state index in [-0.39, 0.29) is 30.7 Å². The maximum absolute atomic E-state index is 11.4. The minimum absolute atomic E-state index is 0. The van der Waals surface area contributed by atoms with Gasteiger partial charge in [0.15, 0.2) is 0 Å². The lowest BCUT2D eigenvalue weighted by Crippen LogP contribution is -2.45. The van der Waals surface area contributed by atoms with Gasteiger partial charge in [-0.15, -0.1) is 24.8 Å². The van der Waals surface area contributed by atoms with Crippen molar-refractivity contribution in [1.29, 1.82) is 0 Å². The summed E-state index contributed by atoms with van der Waals surface area (Å²) in [6.45, 7) is 8.75. The summed E-state index contributed by atoms with van der Waals surface area (Å²) in [4.78, 5) is 13.8. The van der Waals surface area contributed by atoms with E-state index < -0.39 is 0 Å². The number of carbonyl (C=O) groups is 1. The van der Waals surface area contributed by atoms with Crippen LogP contribution in [0.1, 0.15) is 39.5 Å². The zero-order chi connectivity index (χ0) is 14.1. The van der Waals surface area contributed by atoms with Crippen molar-refractivity contribution in [3.05, 3.63) is 0 Å². The van der Waals surface area contributed by atoms with Gasteiger partial charge in [-0.1, -0.05) is 0 Å². The Morgan fingerprint density at radius 1 is 1.19 bits per heavy atom. The number of unbranched alkanes of at least 4 members (excludes halogenated alkanes) is 1. The van der Waals surface area contributed by atoms with Crippen LogP contribution in [0.3, 0.4) is 0 Å². The van der Waals surface area contributed by atoms with Crippen molar-refractivity contribution in [2.45, 2.75) is 51.7 Å². The van der Waals surface area contributed by atoms with Crippen LogP contribution < -0.4 is 11.1 Å². The minimum atomic E-state index is 0. The number of hydrogen-bond acceptors (Lipinski definition) is 4. The molecule has 0 saturated carbocycles. The van der Waals surface area contributed by atoms with Crippen molar-refractivity contribution in [2.75, 3.05) is 32.7 Å². The second-order valence-electron chi connectivity index (χ2n) is 5.47. The van der Waals surface area contributed by atoms with E-state index in [9.17, 15) is 4.79 Å². The third-order valence-corrected chi connectivity index (χ3v) is 3.33. The number of halogens is 2. The summed E-state index contributed by atoms with van der Waals surface area (Å²) in [5.74, 6) is 0.124. The van der Waals surface area contributed by atoms with E-state index in [0.717, 1.165) is 45.4 Å². The van der Waals surface area contributed by atoms with Crippen molar-refractivity contribution in [1.82, 2.24) is 10.2 Å². The number of rotatable bonds is 8. The van der Waals surface area contributed by atoms with Gasteiger partial charge < -0.3 is 15.8 Å². The molecule has 0 bridgehead atoms. The first-order valence-corrected chi connectivity index (χ1v) is 7.46. The van der Waals surface area contributed by atoms with Crippen LogP contribution in [0, 0.1) is 0 Å². The van der Waals surface area contributed by atoms with E-state index in [1.54, 1.807) is 0 Å². The molecule has 1 aliphatic rings. The highest BCUT2D eigenvalue weighted by Gasteiger charge is 2.21. The van der Waals surface area contributed by atoms with Crippen LogP contribution in [-0.4, -0.2) is 55.7 Å². The first-order chi connectivity index (χ1) is 9.11. The number of morpholine rings is 1. The highest BCUT2D eigenvalue weighted by molar-refractivity contribution is 5.85. The molecule has 0 spiro atoms. The number of hydrogen-bond donors (Lipinski definition) is 2. The molecule has 0 aromatic heterocycles. The Balaban J connectivity index is 0. The molecule has 3 N–H and O–H groups in total. The van der Waals surface area contributed by atoms with Crippen molar-refractivity contribution < 1.29 is 9.53 Å².